The number of halogens is 8. The van der Waals surface area contributed by atoms with Crippen molar-refractivity contribution >= 4 is 34.9 Å². The number of nitrogens with zero attached hydrogens (tertiary/aromatic N) is 1. The smallest absolute Gasteiger partial charge is 0.304 e. The number of hydrazine groups is 1. The van der Waals surface area contributed by atoms with Crippen molar-refractivity contribution in [1.29, 1.82) is 0 Å². The van der Waals surface area contributed by atoms with Crippen LogP contribution >= 0.6 is 23.4 Å². The van der Waals surface area contributed by atoms with Crippen LogP contribution in [0.15, 0.2) is 22.0 Å². The highest BCUT2D eigenvalue weighted by Gasteiger charge is 2.36. The fraction of sp³-hybridized carbons (Fsp3) is 0.300. The van der Waals surface area contributed by atoms with Crippen LogP contribution in [0.2, 0.25) is 5.02 Å². The summed E-state index contributed by atoms with van der Waals surface area (Å²) in [7, 11) is 0. The van der Waals surface area contributed by atoms with Crippen molar-refractivity contribution in [2.45, 2.75) is 17.2 Å². The number of nitrogens with two attached hydrogens (primary N) is 1. The van der Waals surface area contributed by atoms with Gasteiger partial charge in [0, 0.05) is 4.90 Å². The van der Waals surface area contributed by atoms with Crippen LogP contribution in [0, 0.1) is 5.82 Å². The number of nitrogens with one attached hydrogen (secondary N) is 1. The van der Waals surface area contributed by atoms with Gasteiger partial charge in [-0.25, -0.2) is 15.2 Å². The second-order valence-electron chi connectivity index (χ2n) is 3.74. The summed E-state index contributed by atoms with van der Waals surface area (Å²) in [5.74, 6) is 0.347. The predicted octanol–water partition coefficient (Wildman–Crippen LogP) is 4.19. The first-order valence-corrected chi connectivity index (χ1v) is 6.61. The number of rotatable bonds is 3. The fourth-order valence-electron chi connectivity index (χ4n) is 1.17. The Balaban J connectivity index is 3.19. The van der Waals surface area contributed by atoms with Crippen LogP contribution in [0.3, 0.4) is 0 Å². The zero-order chi connectivity index (χ0) is 17.1. The largest absolute Gasteiger partial charge is 0.450 e. The minimum absolute atomic E-state index is 0.193. The SMILES string of the molecule is NNC(=Nc1cc(SCC(F)(F)F)c(Cl)cc1F)C(F)(F)F. The molecule has 0 atom stereocenters. The van der Waals surface area contributed by atoms with Crippen LogP contribution in [0.5, 0.6) is 0 Å². The van der Waals surface area contributed by atoms with E-state index in [4.69, 9.17) is 11.6 Å². The molecule has 0 aliphatic heterocycles. The molecule has 1 aromatic carbocycles. The lowest BCUT2D eigenvalue weighted by Gasteiger charge is -2.11. The molecule has 1 aromatic rings. The number of hydrogen-bond donors (Lipinski definition) is 2. The van der Waals surface area contributed by atoms with Gasteiger partial charge < -0.3 is 5.43 Å². The second kappa shape index (κ2) is 6.92. The summed E-state index contributed by atoms with van der Waals surface area (Å²) in [6, 6.07) is 1.25. The van der Waals surface area contributed by atoms with Crippen LogP contribution in [-0.2, 0) is 0 Å². The Morgan fingerprint density at radius 2 is 1.82 bits per heavy atom. The number of amidine groups is 1. The van der Waals surface area contributed by atoms with Crippen molar-refractivity contribution in [3.63, 3.8) is 0 Å². The Kier molecular flexibility index (Phi) is 5.93. The van der Waals surface area contributed by atoms with Crippen molar-refractivity contribution in [1.82, 2.24) is 5.43 Å². The molecule has 0 amide bonds. The molecule has 12 heteroatoms. The average molecular weight is 370 g/mol. The molecule has 0 spiro atoms. The molecule has 0 radical (unpaired) electrons. The Morgan fingerprint density at radius 3 is 2.27 bits per heavy atom. The Morgan fingerprint density at radius 1 is 1.23 bits per heavy atom. The highest BCUT2D eigenvalue weighted by Crippen LogP contribution is 2.36. The van der Waals surface area contributed by atoms with E-state index in [2.05, 4.69) is 10.8 Å². The maximum atomic E-state index is 13.5. The van der Waals surface area contributed by atoms with Crippen molar-refractivity contribution in [2.24, 2.45) is 10.8 Å². The van der Waals surface area contributed by atoms with Crippen LogP contribution < -0.4 is 11.3 Å². The summed E-state index contributed by atoms with van der Waals surface area (Å²) in [5.41, 5.74) is 0.399. The highest BCUT2D eigenvalue weighted by atomic mass is 35.5. The summed E-state index contributed by atoms with van der Waals surface area (Å²) in [4.78, 5) is 2.66. The van der Waals surface area contributed by atoms with Gasteiger partial charge in [-0.2, -0.15) is 26.3 Å². The van der Waals surface area contributed by atoms with E-state index in [0.717, 1.165) is 0 Å². The normalized spacial score (nSPS) is 13.4. The average Bonchev–Trinajstić information content (AvgIpc) is 2.33. The maximum absolute atomic E-state index is 13.5. The molecule has 3 nitrogen and oxygen atoms in total. The van der Waals surface area contributed by atoms with Crippen molar-refractivity contribution in [2.75, 3.05) is 5.75 Å². The van der Waals surface area contributed by atoms with E-state index < -0.39 is 35.4 Å². The minimum atomic E-state index is -4.99. The standard InChI is InChI=1S/C10H7ClF7N3S/c11-4-1-5(12)6(20-8(21-19)10(16,17)18)2-7(4)22-3-9(13,14)15/h1-2H,3,19H2,(H,20,21). The third kappa shape index (κ3) is 5.54. The van der Waals surface area contributed by atoms with E-state index in [1.54, 1.807) is 0 Å². The predicted molar refractivity (Wildman–Crippen MR) is 68.7 cm³/mol. The molecule has 0 heterocycles. The maximum Gasteiger partial charge on any atom is 0.450 e. The molecule has 0 fully saturated rings. The van der Waals surface area contributed by atoms with E-state index in [0.29, 0.717) is 12.1 Å². The quantitative estimate of drug-likeness (QED) is 0.210. The van der Waals surface area contributed by atoms with E-state index in [1.807, 2.05) is 0 Å². The Bertz CT molecular complexity index is 571. The topological polar surface area (TPSA) is 50.4 Å². The van der Waals surface area contributed by atoms with E-state index in [-0.39, 0.29) is 21.7 Å². The second-order valence-corrected chi connectivity index (χ2v) is 5.16. The summed E-state index contributed by atoms with van der Waals surface area (Å²) in [5, 5.41) is -0.375. The summed E-state index contributed by atoms with van der Waals surface area (Å²) in [6.45, 7) is 0. The number of thioether (sulfide) groups is 1. The third-order valence-corrected chi connectivity index (χ3v) is 3.58. The van der Waals surface area contributed by atoms with Gasteiger partial charge in [-0.15, -0.1) is 11.8 Å². The van der Waals surface area contributed by atoms with Crippen LogP contribution in [-0.4, -0.2) is 23.9 Å². The molecule has 0 saturated carbocycles. The number of aliphatic imine (C=N–C) groups is 1. The molecular formula is C10H7ClF7N3S. The Labute approximate surface area is 128 Å². The number of alkyl halides is 6. The molecule has 0 unspecified atom stereocenters. The van der Waals surface area contributed by atoms with E-state index in [1.165, 1.54) is 5.43 Å². The van der Waals surface area contributed by atoms with Gasteiger partial charge in [-0.05, 0) is 12.1 Å². The highest BCUT2D eigenvalue weighted by molar-refractivity contribution is 7.99. The fourth-order valence-corrected chi connectivity index (χ4v) is 2.20. The van der Waals surface area contributed by atoms with Crippen LogP contribution in [0.4, 0.5) is 36.4 Å². The van der Waals surface area contributed by atoms with Gasteiger partial charge in [-0.1, -0.05) is 11.6 Å². The lowest BCUT2D eigenvalue weighted by atomic mass is 10.3. The number of benzene rings is 1. The summed E-state index contributed by atoms with van der Waals surface area (Å²) in [6.07, 6.45) is -9.51. The number of hydrogen-bond acceptors (Lipinski definition) is 3. The van der Waals surface area contributed by atoms with Crippen molar-refractivity contribution < 1.29 is 30.7 Å². The van der Waals surface area contributed by atoms with Gasteiger partial charge in [0.15, 0.2) is 0 Å². The van der Waals surface area contributed by atoms with E-state index in [9.17, 15) is 30.7 Å². The lowest BCUT2D eigenvalue weighted by molar-refractivity contribution is -0.105. The van der Waals surface area contributed by atoms with Gasteiger partial charge in [0.2, 0.25) is 5.84 Å². The van der Waals surface area contributed by atoms with Gasteiger partial charge in [0.25, 0.3) is 0 Å². The molecule has 0 aliphatic carbocycles. The van der Waals surface area contributed by atoms with Gasteiger partial charge in [0.1, 0.15) is 11.5 Å². The molecule has 3 N–H and O–H groups in total. The third-order valence-electron chi connectivity index (χ3n) is 2.03. The lowest BCUT2D eigenvalue weighted by Crippen LogP contribution is -2.41. The van der Waals surface area contributed by atoms with Crippen molar-refractivity contribution in [3.8, 4) is 0 Å². The molecule has 0 bridgehead atoms. The summed E-state index contributed by atoms with van der Waals surface area (Å²) >= 11 is 5.74. The molecule has 22 heavy (non-hydrogen) atoms. The van der Waals surface area contributed by atoms with Gasteiger partial charge in [-0.3, -0.25) is 0 Å². The zero-order valence-electron chi connectivity index (χ0n) is 10.3. The zero-order valence-corrected chi connectivity index (χ0v) is 11.9. The molecule has 0 saturated heterocycles. The molecule has 124 valence electrons. The van der Waals surface area contributed by atoms with E-state index >= 15 is 0 Å². The first-order chi connectivity index (χ1) is 9.94. The molecular weight excluding hydrogens is 363 g/mol. The molecule has 0 aromatic heterocycles. The van der Waals surface area contributed by atoms with Gasteiger partial charge >= 0.3 is 12.4 Å². The van der Waals surface area contributed by atoms with Gasteiger partial charge in [0.05, 0.1) is 10.8 Å². The first-order valence-electron chi connectivity index (χ1n) is 5.25. The molecule has 1 rings (SSSR count). The van der Waals surface area contributed by atoms with Crippen molar-refractivity contribution in [3.05, 3.63) is 23.0 Å². The van der Waals surface area contributed by atoms with Crippen LogP contribution in [0.25, 0.3) is 0 Å². The summed E-state index contributed by atoms with van der Waals surface area (Å²) < 4.78 is 87.3. The Hall–Kier alpha value is -1.20. The monoisotopic (exact) mass is 369 g/mol. The minimum Gasteiger partial charge on any atom is -0.304 e. The molecule has 0 aliphatic rings. The first kappa shape index (κ1) is 18.8. The van der Waals surface area contributed by atoms with Crippen LogP contribution in [0.1, 0.15) is 0 Å².